The van der Waals surface area contributed by atoms with Gasteiger partial charge in [-0.3, -0.25) is 9.59 Å². The average Bonchev–Trinajstić information content (AvgIpc) is 3.14. The minimum Gasteiger partial charge on any atom is -0.483 e. The van der Waals surface area contributed by atoms with E-state index in [2.05, 4.69) is 6.92 Å². The van der Waals surface area contributed by atoms with Crippen molar-refractivity contribution < 1.29 is 14.7 Å². The average molecular weight is 444 g/mol. The lowest BCUT2D eigenvalue weighted by atomic mass is 9.82. The first-order valence-electron chi connectivity index (χ1n) is 10.6. The molecule has 1 amide bonds. The number of carbonyl (C=O) groups excluding carboxylic acids is 1. The minimum absolute atomic E-state index is 0.218. The summed E-state index contributed by atoms with van der Waals surface area (Å²) in [5, 5.41) is 12.6. The molecular weight excluding hydrogens is 418 g/mol. The molecule has 1 fully saturated rings. The quantitative estimate of drug-likeness (QED) is 0.406. The largest absolute Gasteiger partial charge is 0.483 e. The van der Waals surface area contributed by atoms with Crippen LogP contribution in [0.1, 0.15) is 36.2 Å². The Hall–Kier alpha value is -4.20. The summed E-state index contributed by atoms with van der Waals surface area (Å²) in [6.07, 6.45) is 2.01. The molecule has 1 aliphatic carbocycles. The van der Waals surface area contributed by atoms with Crippen molar-refractivity contribution in [2.45, 2.75) is 25.8 Å². The Labute approximate surface area is 190 Å². The summed E-state index contributed by atoms with van der Waals surface area (Å²) in [5.74, 6) is 0.424. The zero-order chi connectivity index (χ0) is 23.5. The topological polar surface area (TPSA) is 137 Å². The number of nitrogens with two attached hydrogens (primary N) is 2. The number of amides is 1. The van der Waals surface area contributed by atoms with E-state index in [1.54, 1.807) is 4.68 Å². The van der Waals surface area contributed by atoms with E-state index < -0.39 is 5.91 Å². The van der Waals surface area contributed by atoms with Crippen molar-refractivity contribution in [1.82, 2.24) is 14.8 Å². The van der Waals surface area contributed by atoms with Crippen LogP contribution in [0.5, 0.6) is 0 Å². The smallest absolute Gasteiger partial charge is 0.290 e. The number of rotatable bonds is 4. The molecule has 0 saturated heterocycles. The lowest BCUT2D eigenvalue weighted by Gasteiger charge is -2.33. The Balaban J connectivity index is 0.000000821. The third-order valence-corrected chi connectivity index (χ3v) is 5.92. The molecule has 1 saturated carbocycles. The molecule has 8 nitrogen and oxygen atoms in total. The summed E-state index contributed by atoms with van der Waals surface area (Å²) in [4.78, 5) is 25.4. The van der Waals surface area contributed by atoms with Crippen LogP contribution in [0.2, 0.25) is 0 Å². The molecule has 2 heterocycles. The highest BCUT2D eigenvalue weighted by Gasteiger charge is 2.32. The van der Waals surface area contributed by atoms with Crippen molar-refractivity contribution in [1.29, 1.82) is 0 Å². The van der Waals surface area contributed by atoms with E-state index in [-0.39, 0.29) is 18.1 Å². The summed E-state index contributed by atoms with van der Waals surface area (Å²) >= 11 is 0. The van der Waals surface area contributed by atoms with Gasteiger partial charge in [0.1, 0.15) is 17.1 Å². The highest BCUT2D eigenvalue weighted by atomic mass is 16.3. The SMILES string of the molecule is CC1CC(n2nc(-c3ccc4ccc(-c5ccccc5)nc4c3)c(C(N)=O)c2N)C1.O=CO. The third kappa shape index (κ3) is 4.27. The second kappa shape index (κ2) is 9.12. The summed E-state index contributed by atoms with van der Waals surface area (Å²) in [5.41, 5.74) is 16.3. The monoisotopic (exact) mass is 443 g/mol. The van der Waals surface area contributed by atoms with Crippen LogP contribution in [0, 0.1) is 5.92 Å². The molecule has 5 N–H and O–H groups in total. The third-order valence-electron chi connectivity index (χ3n) is 5.92. The molecule has 1 aliphatic rings. The maximum absolute atomic E-state index is 12.2. The van der Waals surface area contributed by atoms with Gasteiger partial charge in [0.25, 0.3) is 12.4 Å². The number of carbonyl (C=O) groups is 2. The molecule has 5 rings (SSSR count). The van der Waals surface area contributed by atoms with Crippen molar-refractivity contribution in [3.05, 3.63) is 66.2 Å². The molecule has 33 heavy (non-hydrogen) atoms. The second-order valence-electron chi connectivity index (χ2n) is 8.22. The molecule has 2 aromatic heterocycles. The fraction of sp³-hybridized carbons (Fsp3) is 0.200. The Kier molecular flexibility index (Phi) is 6.08. The first-order chi connectivity index (χ1) is 15.9. The molecule has 168 valence electrons. The van der Waals surface area contributed by atoms with E-state index in [0.29, 0.717) is 17.4 Å². The number of pyridine rings is 1. The fourth-order valence-corrected chi connectivity index (χ4v) is 4.26. The van der Waals surface area contributed by atoms with Crippen molar-refractivity contribution in [3.8, 4) is 22.5 Å². The zero-order valence-electron chi connectivity index (χ0n) is 18.2. The number of aromatic nitrogens is 3. The number of fused-ring (bicyclic) bond motifs is 1. The maximum Gasteiger partial charge on any atom is 0.290 e. The molecule has 0 aliphatic heterocycles. The number of nitrogen functional groups attached to an aromatic ring is 1. The lowest BCUT2D eigenvalue weighted by molar-refractivity contribution is -0.122. The Morgan fingerprint density at radius 2 is 1.76 bits per heavy atom. The van der Waals surface area contributed by atoms with Crippen LogP contribution in [-0.4, -0.2) is 32.3 Å². The van der Waals surface area contributed by atoms with Crippen LogP contribution in [0.25, 0.3) is 33.4 Å². The van der Waals surface area contributed by atoms with Gasteiger partial charge in [0, 0.05) is 16.5 Å². The Morgan fingerprint density at radius 1 is 1.09 bits per heavy atom. The number of benzene rings is 2. The van der Waals surface area contributed by atoms with Crippen LogP contribution in [0.3, 0.4) is 0 Å². The van der Waals surface area contributed by atoms with Gasteiger partial charge in [-0.05, 0) is 30.9 Å². The summed E-state index contributed by atoms with van der Waals surface area (Å²) < 4.78 is 1.77. The van der Waals surface area contributed by atoms with Gasteiger partial charge in [-0.15, -0.1) is 0 Å². The van der Waals surface area contributed by atoms with Gasteiger partial charge in [-0.1, -0.05) is 55.5 Å². The van der Waals surface area contributed by atoms with E-state index in [0.717, 1.165) is 40.6 Å². The van der Waals surface area contributed by atoms with Crippen molar-refractivity contribution >= 4 is 29.1 Å². The molecule has 0 unspecified atom stereocenters. The fourth-order valence-electron chi connectivity index (χ4n) is 4.26. The Bertz CT molecular complexity index is 1310. The standard InChI is InChI=1S/C24H23N5O.CH2O2/c1-14-11-18(12-14)29-23(25)21(24(26)30)22(28-29)17-8-7-16-9-10-19(27-20(16)13-17)15-5-3-2-4-6-15;2-1-3/h2-10,13-14,18H,11-12,25H2,1H3,(H2,26,30);1H,(H,2,3). The number of primary amides is 1. The van der Waals surface area contributed by atoms with E-state index >= 15 is 0 Å². The van der Waals surface area contributed by atoms with E-state index in [1.165, 1.54) is 0 Å². The number of hydrogen-bond acceptors (Lipinski definition) is 5. The predicted molar refractivity (Wildman–Crippen MR) is 127 cm³/mol. The molecule has 4 aromatic rings. The normalized spacial score (nSPS) is 17.0. The summed E-state index contributed by atoms with van der Waals surface area (Å²) in [6.45, 7) is 1.95. The highest BCUT2D eigenvalue weighted by molar-refractivity contribution is 6.04. The van der Waals surface area contributed by atoms with Gasteiger partial charge in [0.05, 0.1) is 17.3 Å². The number of nitrogens with zero attached hydrogens (tertiary/aromatic N) is 3. The first kappa shape index (κ1) is 22.0. The van der Waals surface area contributed by atoms with Crippen LogP contribution in [-0.2, 0) is 4.79 Å². The molecule has 0 radical (unpaired) electrons. The van der Waals surface area contributed by atoms with E-state index in [4.69, 9.17) is 31.5 Å². The number of hydrogen-bond donors (Lipinski definition) is 3. The predicted octanol–water partition coefficient (Wildman–Crippen LogP) is 4.12. The van der Waals surface area contributed by atoms with Crippen molar-refractivity contribution in [3.63, 3.8) is 0 Å². The molecule has 0 spiro atoms. The van der Waals surface area contributed by atoms with E-state index in [9.17, 15) is 4.79 Å². The summed E-state index contributed by atoms with van der Waals surface area (Å²) in [6, 6.07) is 20.2. The maximum atomic E-state index is 12.2. The van der Waals surface area contributed by atoms with Crippen LogP contribution < -0.4 is 11.5 Å². The summed E-state index contributed by atoms with van der Waals surface area (Å²) in [7, 11) is 0. The lowest BCUT2D eigenvalue weighted by Crippen LogP contribution is -2.27. The molecular formula is C25H25N5O3. The first-order valence-corrected chi connectivity index (χ1v) is 10.6. The molecule has 0 atom stereocenters. The minimum atomic E-state index is -0.563. The van der Waals surface area contributed by atoms with Crippen molar-refractivity contribution in [2.75, 3.05) is 5.73 Å². The second-order valence-corrected chi connectivity index (χ2v) is 8.22. The molecule has 2 aromatic carbocycles. The number of anilines is 1. The zero-order valence-corrected chi connectivity index (χ0v) is 18.2. The Morgan fingerprint density at radius 3 is 2.39 bits per heavy atom. The van der Waals surface area contributed by atoms with Gasteiger partial charge >= 0.3 is 0 Å². The van der Waals surface area contributed by atoms with Crippen LogP contribution >= 0.6 is 0 Å². The van der Waals surface area contributed by atoms with Crippen LogP contribution in [0.15, 0.2) is 60.7 Å². The number of carboxylic acid groups (broad SMARTS) is 1. The van der Waals surface area contributed by atoms with E-state index in [1.807, 2.05) is 60.7 Å². The van der Waals surface area contributed by atoms with Crippen LogP contribution in [0.4, 0.5) is 5.82 Å². The molecule has 0 bridgehead atoms. The van der Waals surface area contributed by atoms with Gasteiger partial charge in [-0.25, -0.2) is 9.67 Å². The van der Waals surface area contributed by atoms with Gasteiger partial charge in [-0.2, -0.15) is 5.10 Å². The van der Waals surface area contributed by atoms with Gasteiger partial charge in [0.2, 0.25) is 0 Å². The molecule has 8 heteroatoms. The highest BCUT2D eigenvalue weighted by Crippen LogP contribution is 2.40. The van der Waals surface area contributed by atoms with Gasteiger partial charge < -0.3 is 16.6 Å². The van der Waals surface area contributed by atoms with Gasteiger partial charge in [0.15, 0.2) is 0 Å². The van der Waals surface area contributed by atoms with Crippen molar-refractivity contribution in [2.24, 2.45) is 11.7 Å².